The normalized spacial score (nSPS) is 16.0. The lowest BCUT2D eigenvalue weighted by Crippen LogP contribution is -2.46. The zero-order chi connectivity index (χ0) is 20.1. The Hall–Kier alpha value is -2.55. The SMILES string of the molecule is C/C(=N/NC(=O)c1ccc(C)cc1)c1ccc(S(=O)(=O)N2CCNCC2)cc1. The molecule has 1 aliphatic heterocycles. The highest BCUT2D eigenvalue weighted by molar-refractivity contribution is 7.89. The summed E-state index contributed by atoms with van der Waals surface area (Å²) in [4.78, 5) is 12.4. The highest BCUT2D eigenvalue weighted by Gasteiger charge is 2.25. The quantitative estimate of drug-likeness (QED) is 0.591. The minimum absolute atomic E-state index is 0.259. The van der Waals surface area contributed by atoms with Gasteiger partial charge >= 0.3 is 0 Å². The van der Waals surface area contributed by atoms with Crippen LogP contribution in [0.4, 0.5) is 0 Å². The molecule has 148 valence electrons. The van der Waals surface area contributed by atoms with Crippen LogP contribution in [0.5, 0.6) is 0 Å². The van der Waals surface area contributed by atoms with Gasteiger partial charge in [-0.3, -0.25) is 4.79 Å². The van der Waals surface area contributed by atoms with Gasteiger partial charge in [0, 0.05) is 31.7 Å². The smallest absolute Gasteiger partial charge is 0.271 e. The first kappa shape index (κ1) is 20.2. The van der Waals surface area contributed by atoms with Crippen LogP contribution in [0.3, 0.4) is 0 Å². The number of nitrogens with zero attached hydrogens (tertiary/aromatic N) is 2. The highest BCUT2D eigenvalue weighted by atomic mass is 32.2. The monoisotopic (exact) mass is 400 g/mol. The minimum Gasteiger partial charge on any atom is -0.314 e. The van der Waals surface area contributed by atoms with Crippen molar-refractivity contribution < 1.29 is 13.2 Å². The number of carbonyl (C=O) groups excluding carboxylic acids is 1. The molecule has 0 aromatic heterocycles. The van der Waals surface area contributed by atoms with Crippen molar-refractivity contribution in [2.45, 2.75) is 18.7 Å². The first-order valence-corrected chi connectivity index (χ1v) is 10.5. The van der Waals surface area contributed by atoms with Crippen LogP contribution in [-0.2, 0) is 10.0 Å². The molecule has 1 saturated heterocycles. The van der Waals surface area contributed by atoms with Gasteiger partial charge in [0.2, 0.25) is 10.0 Å². The van der Waals surface area contributed by atoms with Crippen molar-refractivity contribution in [3.8, 4) is 0 Å². The van der Waals surface area contributed by atoms with Gasteiger partial charge in [-0.15, -0.1) is 0 Å². The number of hydrazone groups is 1. The molecular formula is C20H24N4O3S. The van der Waals surface area contributed by atoms with E-state index in [0.29, 0.717) is 37.5 Å². The van der Waals surface area contributed by atoms with E-state index >= 15 is 0 Å². The Balaban J connectivity index is 1.69. The predicted molar refractivity (Wildman–Crippen MR) is 109 cm³/mol. The Labute approximate surface area is 165 Å². The summed E-state index contributed by atoms with van der Waals surface area (Å²) in [6, 6.07) is 13.8. The molecule has 0 atom stereocenters. The summed E-state index contributed by atoms with van der Waals surface area (Å²) in [7, 11) is -3.49. The van der Waals surface area contributed by atoms with Gasteiger partial charge < -0.3 is 5.32 Å². The molecule has 8 heteroatoms. The Morgan fingerprint density at radius 1 is 1.00 bits per heavy atom. The van der Waals surface area contributed by atoms with E-state index in [9.17, 15) is 13.2 Å². The average molecular weight is 401 g/mol. The number of hydrogen-bond donors (Lipinski definition) is 2. The topological polar surface area (TPSA) is 90.9 Å². The Morgan fingerprint density at radius 2 is 1.57 bits per heavy atom. The summed E-state index contributed by atoms with van der Waals surface area (Å²) >= 11 is 0. The number of hydrogen-bond acceptors (Lipinski definition) is 5. The van der Waals surface area contributed by atoms with Crippen LogP contribution in [0.2, 0.25) is 0 Å². The third-order valence-corrected chi connectivity index (χ3v) is 6.54. The zero-order valence-corrected chi connectivity index (χ0v) is 16.8. The van der Waals surface area contributed by atoms with Crippen molar-refractivity contribution >= 4 is 21.6 Å². The fourth-order valence-corrected chi connectivity index (χ4v) is 4.31. The molecular weight excluding hydrogens is 376 g/mol. The fourth-order valence-electron chi connectivity index (χ4n) is 2.87. The predicted octanol–water partition coefficient (Wildman–Crippen LogP) is 1.74. The zero-order valence-electron chi connectivity index (χ0n) is 16.0. The first-order chi connectivity index (χ1) is 13.4. The van der Waals surface area contributed by atoms with Crippen LogP contribution in [-0.4, -0.2) is 50.5 Å². The summed E-state index contributed by atoms with van der Waals surface area (Å²) < 4.78 is 26.8. The molecule has 1 fully saturated rings. The molecule has 1 heterocycles. The molecule has 0 saturated carbocycles. The largest absolute Gasteiger partial charge is 0.314 e. The lowest BCUT2D eigenvalue weighted by molar-refractivity contribution is 0.0955. The van der Waals surface area contributed by atoms with E-state index in [1.54, 1.807) is 43.3 Å². The molecule has 0 radical (unpaired) electrons. The fraction of sp³-hybridized carbons (Fsp3) is 0.300. The van der Waals surface area contributed by atoms with E-state index in [1.807, 2.05) is 19.1 Å². The molecule has 2 aromatic carbocycles. The van der Waals surface area contributed by atoms with Crippen molar-refractivity contribution in [2.24, 2.45) is 5.10 Å². The van der Waals surface area contributed by atoms with Gasteiger partial charge in [0.15, 0.2) is 0 Å². The second-order valence-corrected chi connectivity index (χ2v) is 8.62. The van der Waals surface area contributed by atoms with Crippen LogP contribution < -0.4 is 10.7 Å². The van der Waals surface area contributed by atoms with E-state index < -0.39 is 10.0 Å². The molecule has 2 N–H and O–H groups in total. The van der Waals surface area contributed by atoms with E-state index in [2.05, 4.69) is 15.8 Å². The molecule has 3 rings (SSSR count). The second-order valence-electron chi connectivity index (χ2n) is 6.68. The number of amides is 1. The minimum atomic E-state index is -3.49. The van der Waals surface area contributed by atoms with Gasteiger partial charge in [0.05, 0.1) is 10.6 Å². The van der Waals surface area contributed by atoms with Gasteiger partial charge in [-0.25, -0.2) is 13.8 Å². The van der Waals surface area contributed by atoms with Crippen LogP contribution >= 0.6 is 0 Å². The van der Waals surface area contributed by atoms with Crippen molar-refractivity contribution in [3.05, 3.63) is 65.2 Å². The molecule has 0 bridgehead atoms. The molecule has 1 amide bonds. The summed E-state index contributed by atoms with van der Waals surface area (Å²) in [5.41, 5.74) is 5.46. The van der Waals surface area contributed by atoms with Crippen LogP contribution in [0.1, 0.15) is 28.4 Å². The molecule has 0 unspecified atom stereocenters. The van der Waals surface area contributed by atoms with Crippen molar-refractivity contribution in [1.29, 1.82) is 0 Å². The van der Waals surface area contributed by atoms with Crippen LogP contribution in [0.15, 0.2) is 58.5 Å². The summed E-state index contributed by atoms with van der Waals surface area (Å²) in [6.45, 7) is 5.96. The van der Waals surface area contributed by atoms with Crippen LogP contribution in [0, 0.1) is 6.92 Å². The average Bonchev–Trinajstić information content (AvgIpc) is 2.73. The summed E-state index contributed by atoms with van der Waals surface area (Å²) in [6.07, 6.45) is 0. The lowest BCUT2D eigenvalue weighted by atomic mass is 10.1. The molecule has 2 aromatic rings. The number of nitrogens with one attached hydrogen (secondary N) is 2. The first-order valence-electron chi connectivity index (χ1n) is 9.10. The van der Waals surface area contributed by atoms with Gasteiger partial charge in [0.1, 0.15) is 0 Å². The highest BCUT2D eigenvalue weighted by Crippen LogP contribution is 2.17. The maximum absolute atomic E-state index is 12.7. The summed E-state index contributed by atoms with van der Waals surface area (Å²) in [5.74, 6) is -0.294. The van der Waals surface area contributed by atoms with Crippen molar-refractivity contribution in [3.63, 3.8) is 0 Å². The van der Waals surface area contributed by atoms with Crippen molar-refractivity contribution in [1.82, 2.24) is 15.0 Å². The van der Waals surface area contributed by atoms with Crippen LogP contribution in [0.25, 0.3) is 0 Å². The molecule has 1 aliphatic rings. The van der Waals surface area contributed by atoms with Gasteiger partial charge in [0.25, 0.3) is 5.91 Å². The van der Waals surface area contributed by atoms with Gasteiger partial charge in [-0.2, -0.15) is 9.41 Å². The lowest BCUT2D eigenvalue weighted by Gasteiger charge is -2.26. The maximum Gasteiger partial charge on any atom is 0.271 e. The Kier molecular flexibility index (Phi) is 6.23. The number of piperazine rings is 1. The second kappa shape index (κ2) is 8.64. The van der Waals surface area contributed by atoms with E-state index in [1.165, 1.54) is 4.31 Å². The molecule has 28 heavy (non-hydrogen) atoms. The Morgan fingerprint density at radius 3 is 2.18 bits per heavy atom. The Bertz CT molecular complexity index is 962. The molecule has 0 aliphatic carbocycles. The van der Waals surface area contributed by atoms with Crippen molar-refractivity contribution in [2.75, 3.05) is 26.2 Å². The standard InChI is InChI=1S/C20H24N4O3S/c1-15-3-5-18(6-4-15)20(25)23-22-16(2)17-7-9-19(10-8-17)28(26,27)24-13-11-21-12-14-24/h3-10,21H,11-14H2,1-2H3,(H,23,25)/b22-16-. The summed E-state index contributed by atoms with van der Waals surface area (Å²) in [5, 5.41) is 7.27. The number of sulfonamides is 1. The van der Waals surface area contributed by atoms with E-state index in [4.69, 9.17) is 0 Å². The molecule has 7 nitrogen and oxygen atoms in total. The number of rotatable bonds is 5. The third-order valence-electron chi connectivity index (χ3n) is 4.62. The van der Waals surface area contributed by atoms with Gasteiger partial charge in [-0.05, 0) is 43.7 Å². The number of carbonyl (C=O) groups is 1. The van der Waals surface area contributed by atoms with E-state index in [-0.39, 0.29) is 10.8 Å². The van der Waals surface area contributed by atoms with E-state index in [0.717, 1.165) is 11.1 Å². The molecule has 0 spiro atoms. The number of aryl methyl sites for hydroxylation is 1. The van der Waals surface area contributed by atoms with Gasteiger partial charge in [-0.1, -0.05) is 29.8 Å². The number of benzene rings is 2. The third kappa shape index (κ3) is 4.64. The maximum atomic E-state index is 12.7.